The number of piperidine rings is 1. The maximum atomic E-state index is 11.9. The van der Waals surface area contributed by atoms with E-state index in [1.807, 2.05) is 4.90 Å². The molecule has 2 amide bonds. The number of halogens is 1. The molecular formula is C14H17BrN2O2. The lowest BCUT2D eigenvalue weighted by atomic mass is 10.1. The smallest absolute Gasteiger partial charge is 0.251 e. The molecule has 1 heterocycles. The van der Waals surface area contributed by atoms with E-state index in [1.54, 1.807) is 24.3 Å². The highest BCUT2D eigenvalue weighted by molar-refractivity contribution is 9.10. The predicted octanol–water partition coefficient (Wildman–Crippen LogP) is 2.19. The Morgan fingerprint density at radius 2 is 1.74 bits per heavy atom. The maximum Gasteiger partial charge on any atom is 0.251 e. The van der Waals surface area contributed by atoms with Gasteiger partial charge in [-0.1, -0.05) is 15.9 Å². The summed E-state index contributed by atoms with van der Waals surface area (Å²) in [6, 6.07) is 7.07. The van der Waals surface area contributed by atoms with Crippen molar-refractivity contribution in [3.63, 3.8) is 0 Å². The van der Waals surface area contributed by atoms with Crippen LogP contribution in [0.3, 0.4) is 0 Å². The van der Waals surface area contributed by atoms with Crippen LogP contribution in [0.15, 0.2) is 28.7 Å². The first kappa shape index (κ1) is 14.1. The predicted molar refractivity (Wildman–Crippen MR) is 76.9 cm³/mol. The van der Waals surface area contributed by atoms with Gasteiger partial charge in [-0.2, -0.15) is 0 Å². The van der Waals surface area contributed by atoms with Gasteiger partial charge in [-0.05, 0) is 43.5 Å². The van der Waals surface area contributed by atoms with Gasteiger partial charge in [0, 0.05) is 23.1 Å². The quantitative estimate of drug-likeness (QED) is 0.926. The summed E-state index contributed by atoms with van der Waals surface area (Å²) in [5, 5.41) is 2.67. The van der Waals surface area contributed by atoms with E-state index in [4.69, 9.17) is 0 Å². The van der Waals surface area contributed by atoms with E-state index < -0.39 is 0 Å². The molecule has 1 saturated heterocycles. The number of carbonyl (C=O) groups excluding carboxylic acids is 2. The molecule has 0 saturated carbocycles. The molecule has 0 aliphatic carbocycles. The number of rotatable bonds is 3. The van der Waals surface area contributed by atoms with E-state index in [1.165, 1.54) is 6.42 Å². The maximum absolute atomic E-state index is 11.9. The van der Waals surface area contributed by atoms with Gasteiger partial charge in [-0.25, -0.2) is 0 Å². The monoisotopic (exact) mass is 324 g/mol. The first-order chi connectivity index (χ1) is 9.16. The van der Waals surface area contributed by atoms with Crippen molar-refractivity contribution in [1.29, 1.82) is 0 Å². The molecule has 2 rings (SSSR count). The van der Waals surface area contributed by atoms with Gasteiger partial charge >= 0.3 is 0 Å². The lowest BCUT2D eigenvalue weighted by Crippen LogP contribution is -2.42. The van der Waals surface area contributed by atoms with Crippen LogP contribution in [0.4, 0.5) is 0 Å². The van der Waals surface area contributed by atoms with Crippen molar-refractivity contribution in [2.45, 2.75) is 19.3 Å². The second kappa shape index (κ2) is 6.70. The summed E-state index contributed by atoms with van der Waals surface area (Å²) < 4.78 is 0.924. The van der Waals surface area contributed by atoms with Crippen LogP contribution in [0, 0.1) is 0 Å². The van der Waals surface area contributed by atoms with Crippen molar-refractivity contribution in [3.8, 4) is 0 Å². The highest BCUT2D eigenvalue weighted by atomic mass is 79.9. The minimum absolute atomic E-state index is 0.00478. The number of hydrogen-bond donors (Lipinski definition) is 1. The SMILES string of the molecule is O=C(NCC(=O)N1CCCCC1)c1ccc(Br)cc1. The highest BCUT2D eigenvalue weighted by Gasteiger charge is 2.17. The summed E-state index contributed by atoms with van der Waals surface area (Å²) in [6.07, 6.45) is 3.31. The number of hydrogen-bond acceptors (Lipinski definition) is 2. The van der Waals surface area contributed by atoms with Crippen molar-refractivity contribution < 1.29 is 9.59 Å². The first-order valence-electron chi connectivity index (χ1n) is 6.48. The van der Waals surface area contributed by atoms with Crippen molar-refractivity contribution in [1.82, 2.24) is 10.2 Å². The number of nitrogens with zero attached hydrogens (tertiary/aromatic N) is 1. The lowest BCUT2D eigenvalue weighted by Gasteiger charge is -2.26. The van der Waals surface area contributed by atoms with Gasteiger partial charge < -0.3 is 10.2 Å². The van der Waals surface area contributed by atoms with E-state index in [0.717, 1.165) is 30.4 Å². The third-order valence-electron chi connectivity index (χ3n) is 3.22. The molecular weight excluding hydrogens is 308 g/mol. The molecule has 19 heavy (non-hydrogen) atoms. The van der Waals surface area contributed by atoms with Crippen molar-refractivity contribution in [2.24, 2.45) is 0 Å². The highest BCUT2D eigenvalue weighted by Crippen LogP contribution is 2.11. The molecule has 0 atom stereocenters. The summed E-state index contributed by atoms with van der Waals surface area (Å²) in [5.74, 6) is -0.206. The Labute approximate surface area is 121 Å². The van der Waals surface area contributed by atoms with E-state index >= 15 is 0 Å². The largest absolute Gasteiger partial charge is 0.343 e. The van der Waals surface area contributed by atoms with Gasteiger partial charge in [0.2, 0.25) is 5.91 Å². The molecule has 5 heteroatoms. The topological polar surface area (TPSA) is 49.4 Å². The summed E-state index contributed by atoms with van der Waals surface area (Å²) in [5.41, 5.74) is 0.564. The van der Waals surface area contributed by atoms with Gasteiger partial charge in [-0.15, -0.1) is 0 Å². The molecule has 1 fully saturated rings. The van der Waals surface area contributed by atoms with E-state index in [0.29, 0.717) is 5.56 Å². The van der Waals surface area contributed by atoms with Gasteiger partial charge in [-0.3, -0.25) is 9.59 Å². The zero-order valence-electron chi connectivity index (χ0n) is 10.7. The molecule has 0 unspecified atom stereocenters. The molecule has 1 aromatic rings. The molecule has 0 spiro atoms. The standard InChI is InChI=1S/C14H17BrN2O2/c15-12-6-4-11(5-7-12)14(19)16-10-13(18)17-8-2-1-3-9-17/h4-7H,1-3,8-10H2,(H,16,19). The molecule has 1 aliphatic heterocycles. The number of amides is 2. The second-order valence-electron chi connectivity index (χ2n) is 4.63. The van der Waals surface area contributed by atoms with Crippen LogP contribution in [0.5, 0.6) is 0 Å². The molecule has 1 N–H and O–H groups in total. The van der Waals surface area contributed by atoms with E-state index in [9.17, 15) is 9.59 Å². The van der Waals surface area contributed by atoms with E-state index in [2.05, 4.69) is 21.2 Å². The van der Waals surface area contributed by atoms with Crippen LogP contribution in [0.2, 0.25) is 0 Å². The molecule has 0 bridgehead atoms. The van der Waals surface area contributed by atoms with Crippen LogP contribution < -0.4 is 5.32 Å². The first-order valence-corrected chi connectivity index (χ1v) is 7.27. The Hall–Kier alpha value is -1.36. The molecule has 1 aromatic carbocycles. The lowest BCUT2D eigenvalue weighted by molar-refractivity contribution is -0.130. The minimum atomic E-state index is -0.210. The van der Waals surface area contributed by atoms with Crippen LogP contribution in [0.1, 0.15) is 29.6 Å². The van der Waals surface area contributed by atoms with Crippen molar-refractivity contribution in [3.05, 3.63) is 34.3 Å². The van der Waals surface area contributed by atoms with Crippen LogP contribution in [-0.2, 0) is 4.79 Å². The normalized spacial score (nSPS) is 15.1. The number of benzene rings is 1. The zero-order valence-corrected chi connectivity index (χ0v) is 12.3. The van der Waals surface area contributed by atoms with Gasteiger partial charge in [0.05, 0.1) is 6.54 Å². The Morgan fingerprint density at radius 1 is 1.11 bits per heavy atom. The Balaban J connectivity index is 1.82. The Bertz CT molecular complexity index is 453. The Morgan fingerprint density at radius 3 is 2.37 bits per heavy atom. The molecule has 0 radical (unpaired) electrons. The molecule has 1 aliphatic rings. The summed E-state index contributed by atoms with van der Waals surface area (Å²) in [7, 11) is 0. The molecule has 4 nitrogen and oxygen atoms in total. The van der Waals surface area contributed by atoms with Gasteiger partial charge in [0.25, 0.3) is 5.91 Å². The fourth-order valence-electron chi connectivity index (χ4n) is 2.11. The number of likely N-dealkylation sites (tertiary alicyclic amines) is 1. The average Bonchev–Trinajstić information content (AvgIpc) is 2.46. The fourth-order valence-corrected chi connectivity index (χ4v) is 2.38. The zero-order chi connectivity index (χ0) is 13.7. The number of carbonyl (C=O) groups is 2. The summed E-state index contributed by atoms with van der Waals surface area (Å²) in [4.78, 5) is 25.6. The molecule has 0 aromatic heterocycles. The third-order valence-corrected chi connectivity index (χ3v) is 3.74. The summed E-state index contributed by atoms with van der Waals surface area (Å²) >= 11 is 3.32. The van der Waals surface area contributed by atoms with E-state index in [-0.39, 0.29) is 18.4 Å². The minimum Gasteiger partial charge on any atom is -0.343 e. The fraction of sp³-hybridized carbons (Fsp3) is 0.429. The van der Waals surface area contributed by atoms with Crippen LogP contribution in [-0.4, -0.2) is 36.3 Å². The Kier molecular flexibility index (Phi) is 4.96. The van der Waals surface area contributed by atoms with Crippen molar-refractivity contribution in [2.75, 3.05) is 19.6 Å². The summed E-state index contributed by atoms with van der Waals surface area (Å²) in [6.45, 7) is 1.70. The van der Waals surface area contributed by atoms with Gasteiger partial charge in [0.15, 0.2) is 0 Å². The van der Waals surface area contributed by atoms with Crippen LogP contribution in [0.25, 0.3) is 0 Å². The second-order valence-corrected chi connectivity index (χ2v) is 5.55. The molecule has 102 valence electrons. The van der Waals surface area contributed by atoms with Gasteiger partial charge in [0.1, 0.15) is 0 Å². The van der Waals surface area contributed by atoms with Crippen molar-refractivity contribution >= 4 is 27.7 Å². The third kappa shape index (κ3) is 4.06. The van der Waals surface area contributed by atoms with Crippen LogP contribution >= 0.6 is 15.9 Å². The average molecular weight is 325 g/mol. The number of nitrogens with one attached hydrogen (secondary N) is 1.